The van der Waals surface area contributed by atoms with Gasteiger partial charge >= 0.3 is 5.97 Å². The van der Waals surface area contributed by atoms with E-state index in [2.05, 4.69) is 12.2 Å². The van der Waals surface area contributed by atoms with Gasteiger partial charge in [0.25, 0.3) is 0 Å². The van der Waals surface area contributed by atoms with Crippen molar-refractivity contribution in [2.24, 2.45) is 0 Å². The predicted molar refractivity (Wildman–Crippen MR) is 105 cm³/mol. The van der Waals surface area contributed by atoms with Crippen molar-refractivity contribution in [2.45, 2.75) is 116 Å². The van der Waals surface area contributed by atoms with E-state index in [1.54, 1.807) is 0 Å². The summed E-state index contributed by atoms with van der Waals surface area (Å²) >= 11 is 0. The maximum Gasteiger partial charge on any atom is 0.303 e. The van der Waals surface area contributed by atoms with Crippen LogP contribution in [0.3, 0.4) is 0 Å². The predicted octanol–water partition coefficient (Wildman–Crippen LogP) is 6.31. The minimum Gasteiger partial charge on any atom is -0.481 e. The molecule has 0 aromatic carbocycles. The molecule has 3 nitrogen and oxygen atoms in total. The first-order valence-electron chi connectivity index (χ1n) is 10.7. The zero-order valence-corrected chi connectivity index (χ0v) is 16.3. The van der Waals surface area contributed by atoms with Gasteiger partial charge < -0.3 is 10.4 Å². The van der Waals surface area contributed by atoms with E-state index < -0.39 is 5.97 Å². The van der Waals surface area contributed by atoms with Crippen molar-refractivity contribution in [1.29, 1.82) is 0 Å². The molecule has 0 aliphatic heterocycles. The Labute approximate surface area is 151 Å². The van der Waals surface area contributed by atoms with Crippen molar-refractivity contribution in [3.63, 3.8) is 0 Å². The molecule has 0 heterocycles. The molecular weight excluding hydrogens is 298 g/mol. The van der Waals surface area contributed by atoms with Gasteiger partial charge in [0.2, 0.25) is 0 Å². The van der Waals surface area contributed by atoms with Gasteiger partial charge in [-0.05, 0) is 32.4 Å². The van der Waals surface area contributed by atoms with Gasteiger partial charge in [-0.3, -0.25) is 4.79 Å². The van der Waals surface area contributed by atoms with Gasteiger partial charge in [0.05, 0.1) is 0 Å². The third kappa shape index (κ3) is 21.4. The standard InChI is InChI=1S/C21H43NO2/c1-2-3-4-5-6-7-8-10-13-16-19-22-20-17-14-11-9-12-15-18-21(23)24/h22H,2-20H2,1H3,(H,23,24). The highest BCUT2D eigenvalue weighted by Crippen LogP contribution is 2.10. The van der Waals surface area contributed by atoms with E-state index >= 15 is 0 Å². The smallest absolute Gasteiger partial charge is 0.303 e. The summed E-state index contributed by atoms with van der Waals surface area (Å²) < 4.78 is 0. The summed E-state index contributed by atoms with van der Waals surface area (Å²) in [7, 11) is 0. The van der Waals surface area contributed by atoms with Crippen LogP contribution in [-0.4, -0.2) is 24.2 Å². The summed E-state index contributed by atoms with van der Waals surface area (Å²) in [5.41, 5.74) is 0. The Morgan fingerprint density at radius 2 is 1.00 bits per heavy atom. The minimum atomic E-state index is -0.661. The van der Waals surface area contributed by atoms with Crippen LogP contribution in [0.25, 0.3) is 0 Å². The van der Waals surface area contributed by atoms with Gasteiger partial charge in [-0.15, -0.1) is 0 Å². The summed E-state index contributed by atoms with van der Waals surface area (Å²) in [6, 6.07) is 0. The normalized spacial score (nSPS) is 11.0. The van der Waals surface area contributed by atoms with Crippen molar-refractivity contribution in [1.82, 2.24) is 5.32 Å². The Hall–Kier alpha value is -0.570. The fourth-order valence-electron chi connectivity index (χ4n) is 3.10. The fourth-order valence-corrected chi connectivity index (χ4v) is 3.10. The number of nitrogens with one attached hydrogen (secondary N) is 1. The molecule has 0 aliphatic carbocycles. The molecule has 0 fully saturated rings. The highest BCUT2D eigenvalue weighted by atomic mass is 16.4. The highest BCUT2D eigenvalue weighted by molar-refractivity contribution is 5.66. The number of rotatable bonds is 20. The summed E-state index contributed by atoms with van der Waals surface area (Å²) in [4.78, 5) is 10.4. The molecule has 0 amide bonds. The van der Waals surface area contributed by atoms with E-state index in [4.69, 9.17) is 5.11 Å². The molecule has 144 valence electrons. The quantitative estimate of drug-likeness (QED) is 0.255. The van der Waals surface area contributed by atoms with Crippen molar-refractivity contribution in [2.75, 3.05) is 13.1 Å². The largest absolute Gasteiger partial charge is 0.481 e. The Kier molecular flexibility index (Phi) is 20.0. The lowest BCUT2D eigenvalue weighted by Crippen LogP contribution is -2.16. The Balaban J connectivity index is 2.97. The monoisotopic (exact) mass is 341 g/mol. The van der Waals surface area contributed by atoms with Crippen LogP contribution in [0.2, 0.25) is 0 Å². The van der Waals surface area contributed by atoms with Crippen LogP contribution < -0.4 is 5.32 Å². The average Bonchev–Trinajstić information content (AvgIpc) is 2.56. The van der Waals surface area contributed by atoms with Crippen LogP contribution in [0.5, 0.6) is 0 Å². The molecule has 3 heteroatoms. The van der Waals surface area contributed by atoms with Crippen molar-refractivity contribution < 1.29 is 9.90 Å². The molecule has 0 aliphatic rings. The molecule has 0 bridgehead atoms. The average molecular weight is 342 g/mol. The second-order valence-corrected chi connectivity index (χ2v) is 7.20. The molecule has 24 heavy (non-hydrogen) atoms. The zero-order chi connectivity index (χ0) is 17.7. The summed E-state index contributed by atoms with van der Waals surface area (Å²) in [5.74, 6) is -0.661. The Morgan fingerprint density at radius 3 is 1.42 bits per heavy atom. The molecule has 0 radical (unpaired) electrons. The van der Waals surface area contributed by atoms with Gasteiger partial charge in [0, 0.05) is 6.42 Å². The van der Waals surface area contributed by atoms with E-state index in [0.717, 1.165) is 19.4 Å². The molecule has 0 spiro atoms. The zero-order valence-electron chi connectivity index (χ0n) is 16.3. The molecule has 0 rings (SSSR count). The Morgan fingerprint density at radius 1 is 0.625 bits per heavy atom. The van der Waals surface area contributed by atoms with Crippen molar-refractivity contribution in [3.05, 3.63) is 0 Å². The SMILES string of the molecule is CCCCCCCCCCCCNCCCCCCCCC(=O)O. The van der Waals surface area contributed by atoms with Crippen LogP contribution in [0.1, 0.15) is 116 Å². The Bertz CT molecular complexity index is 256. The molecular formula is C21H43NO2. The summed E-state index contributed by atoms with van der Waals surface area (Å²) in [5, 5.41) is 12.1. The van der Waals surface area contributed by atoms with Crippen LogP contribution in [0.15, 0.2) is 0 Å². The van der Waals surface area contributed by atoms with Crippen LogP contribution in [-0.2, 0) is 4.79 Å². The molecule has 0 aromatic heterocycles. The number of carboxylic acids is 1. The molecule has 2 N–H and O–H groups in total. The lowest BCUT2D eigenvalue weighted by Gasteiger charge is -2.05. The first kappa shape index (κ1) is 23.4. The minimum absolute atomic E-state index is 0.334. The third-order valence-corrected chi connectivity index (χ3v) is 4.70. The number of hydrogen-bond donors (Lipinski definition) is 2. The highest BCUT2D eigenvalue weighted by Gasteiger charge is 1.97. The van der Waals surface area contributed by atoms with Crippen molar-refractivity contribution in [3.8, 4) is 0 Å². The maximum absolute atomic E-state index is 10.4. The second kappa shape index (κ2) is 20.5. The van der Waals surface area contributed by atoms with E-state index in [1.165, 1.54) is 96.4 Å². The van der Waals surface area contributed by atoms with E-state index in [-0.39, 0.29) is 0 Å². The third-order valence-electron chi connectivity index (χ3n) is 4.70. The maximum atomic E-state index is 10.4. The number of aliphatic carboxylic acids is 1. The lowest BCUT2D eigenvalue weighted by molar-refractivity contribution is -0.137. The summed E-state index contributed by atoms with van der Waals surface area (Å²) in [6.45, 7) is 4.60. The molecule has 0 saturated carbocycles. The van der Waals surface area contributed by atoms with E-state index in [9.17, 15) is 4.79 Å². The molecule has 0 saturated heterocycles. The molecule has 0 unspecified atom stereocenters. The number of carbonyl (C=O) groups is 1. The second-order valence-electron chi connectivity index (χ2n) is 7.20. The number of unbranched alkanes of at least 4 members (excludes halogenated alkanes) is 14. The van der Waals surface area contributed by atoms with Gasteiger partial charge in [-0.25, -0.2) is 0 Å². The van der Waals surface area contributed by atoms with Crippen LogP contribution >= 0.6 is 0 Å². The van der Waals surface area contributed by atoms with Crippen molar-refractivity contribution >= 4 is 5.97 Å². The topological polar surface area (TPSA) is 49.3 Å². The lowest BCUT2D eigenvalue weighted by atomic mass is 10.1. The van der Waals surface area contributed by atoms with Gasteiger partial charge in [-0.1, -0.05) is 90.4 Å². The summed E-state index contributed by atoms with van der Waals surface area (Å²) in [6.07, 6.45) is 21.3. The van der Waals surface area contributed by atoms with Crippen LogP contribution in [0, 0.1) is 0 Å². The molecule has 0 aromatic rings. The number of hydrogen-bond acceptors (Lipinski definition) is 2. The number of carboxylic acid groups (broad SMARTS) is 1. The van der Waals surface area contributed by atoms with Gasteiger partial charge in [0.15, 0.2) is 0 Å². The van der Waals surface area contributed by atoms with Gasteiger partial charge in [-0.2, -0.15) is 0 Å². The fraction of sp³-hybridized carbons (Fsp3) is 0.952. The first-order valence-corrected chi connectivity index (χ1v) is 10.7. The van der Waals surface area contributed by atoms with Crippen LogP contribution in [0.4, 0.5) is 0 Å². The first-order chi connectivity index (χ1) is 11.8. The van der Waals surface area contributed by atoms with E-state index in [1.807, 2.05) is 0 Å². The molecule has 0 atom stereocenters. The van der Waals surface area contributed by atoms with Gasteiger partial charge in [0.1, 0.15) is 0 Å². The van der Waals surface area contributed by atoms with E-state index in [0.29, 0.717) is 6.42 Å².